The van der Waals surface area contributed by atoms with E-state index >= 15 is 0 Å². The van der Waals surface area contributed by atoms with Gasteiger partial charge in [-0.2, -0.15) is 0 Å². The molecule has 11 heteroatoms. The highest BCUT2D eigenvalue weighted by Crippen LogP contribution is 2.26. The highest BCUT2D eigenvalue weighted by Gasteiger charge is 2.42. The van der Waals surface area contributed by atoms with E-state index in [1.165, 1.54) is 0 Å². The summed E-state index contributed by atoms with van der Waals surface area (Å²) >= 11 is 12.3. The quantitative estimate of drug-likeness (QED) is 0.438. The lowest BCUT2D eigenvalue weighted by Gasteiger charge is -2.20. The Hall–Kier alpha value is -2.85. The Balaban J connectivity index is 1.33. The van der Waals surface area contributed by atoms with E-state index in [1.54, 1.807) is 42.5 Å². The zero-order chi connectivity index (χ0) is 24.9. The highest BCUT2D eigenvalue weighted by atomic mass is 35.5. The van der Waals surface area contributed by atoms with Gasteiger partial charge in [0.05, 0.1) is 0 Å². The lowest BCUT2D eigenvalue weighted by Crippen LogP contribution is -2.52. The van der Waals surface area contributed by atoms with E-state index in [1.807, 2.05) is 0 Å². The summed E-state index contributed by atoms with van der Waals surface area (Å²) in [5.74, 6) is -1.83. The third-order valence-electron chi connectivity index (χ3n) is 5.63. The highest BCUT2D eigenvalue weighted by molar-refractivity contribution is 6.35. The maximum absolute atomic E-state index is 12.7. The maximum atomic E-state index is 12.7. The van der Waals surface area contributed by atoms with Crippen molar-refractivity contribution < 1.29 is 33.7 Å². The summed E-state index contributed by atoms with van der Waals surface area (Å²) in [5.41, 5.74) is 1.32. The Labute approximate surface area is 211 Å². The average Bonchev–Trinajstić information content (AvgIpc) is 3.49. The number of amides is 2. The van der Waals surface area contributed by atoms with Crippen LogP contribution in [0.2, 0.25) is 10.0 Å². The Morgan fingerprint density at radius 1 is 1.00 bits per heavy atom. The third-order valence-corrected chi connectivity index (χ3v) is 6.34. The van der Waals surface area contributed by atoms with E-state index in [4.69, 9.17) is 37.4 Å². The molecule has 3 N–H and O–H groups in total. The lowest BCUT2D eigenvalue weighted by atomic mass is 10.0. The normalized spacial score (nSPS) is 20.2. The molecule has 0 aromatic heterocycles. The molecular weight excluding hydrogens is 499 g/mol. The Morgan fingerprint density at radius 3 is 2.23 bits per heavy atom. The van der Waals surface area contributed by atoms with Crippen LogP contribution in [0.25, 0.3) is 0 Å². The number of nitrogens with one attached hydrogen (secondary N) is 2. The van der Waals surface area contributed by atoms with Crippen LogP contribution in [-0.2, 0) is 36.9 Å². The van der Waals surface area contributed by atoms with Crippen LogP contribution in [0.5, 0.6) is 5.75 Å². The molecule has 0 radical (unpaired) electrons. The van der Waals surface area contributed by atoms with Crippen molar-refractivity contribution in [2.75, 3.05) is 6.79 Å². The van der Waals surface area contributed by atoms with Crippen molar-refractivity contribution in [2.45, 2.75) is 50.2 Å². The van der Waals surface area contributed by atoms with Gasteiger partial charge >= 0.3 is 5.97 Å². The fourth-order valence-corrected chi connectivity index (χ4v) is 4.04. The molecule has 1 aliphatic carbocycles. The third kappa shape index (κ3) is 6.64. The molecule has 2 aromatic rings. The second-order valence-electron chi connectivity index (χ2n) is 8.31. The number of carboxylic acids is 1. The molecule has 1 heterocycles. The van der Waals surface area contributed by atoms with Crippen LogP contribution in [0, 0.1) is 0 Å². The summed E-state index contributed by atoms with van der Waals surface area (Å²) in [4.78, 5) is 36.8. The van der Waals surface area contributed by atoms with E-state index in [-0.39, 0.29) is 25.9 Å². The first-order chi connectivity index (χ1) is 16.8. The number of halogens is 2. The van der Waals surface area contributed by atoms with Crippen molar-refractivity contribution in [1.29, 1.82) is 0 Å². The fourth-order valence-electron chi connectivity index (χ4n) is 3.54. The van der Waals surface area contributed by atoms with E-state index in [2.05, 4.69) is 10.6 Å². The predicted octanol–water partition coefficient (Wildman–Crippen LogP) is 2.70. The molecule has 35 heavy (non-hydrogen) atoms. The smallest absolute Gasteiger partial charge is 0.326 e. The molecule has 9 nitrogen and oxygen atoms in total. The monoisotopic (exact) mass is 522 g/mol. The van der Waals surface area contributed by atoms with E-state index < -0.39 is 36.0 Å². The van der Waals surface area contributed by atoms with E-state index in [0.29, 0.717) is 26.9 Å². The van der Waals surface area contributed by atoms with Gasteiger partial charge in [-0.05, 0) is 42.7 Å². The Morgan fingerprint density at radius 2 is 1.63 bits per heavy atom. The molecule has 3 unspecified atom stereocenters. The molecule has 186 valence electrons. The van der Waals surface area contributed by atoms with Crippen LogP contribution >= 0.6 is 23.2 Å². The standard InChI is InChI=1S/C24H24Cl2N2O7/c25-17-2-1-3-18(26)16(17)11-33-15-8-4-13(5-9-15)10-19(24(31)32)28-23(30)21-20(34-12-35-21)22(29)27-14-6-7-14/h1-5,8-9,14,19-21H,6-7,10-12H2,(H,27,29)(H,28,30)(H,31,32). The molecule has 0 spiro atoms. The summed E-state index contributed by atoms with van der Waals surface area (Å²) in [6.45, 7) is -0.0515. The van der Waals surface area contributed by atoms with Crippen molar-refractivity contribution in [3.8, 4) is 5.75 Å². The molecule has 2 aromatic carbocycles. The molecule has 1 saturated carbocycles. The van der Waals surface area contributed by atoms with Gasteiger partial charge in [0.1, 0.15) is 25.2 Å². The van der Waals surface area contributed by atoms with E-state index in [9.17, 15) is 19.5 Å². The summed E-state index contributed by atoms with van der Waals surface area (Å²) in [6.07, 6.45) is -0.551. The van der Waals surface area contributed by atoms with Gasteiger partial charge in [-0.1, -0.05) is 41.4 Å². The molecule has 3 atom stereocenters. The van der Waals surface area contributed by atoms with E-state index in [0.717, 1.165) is 12.8 Å². The molecule has 1 saturated heterocycles. The van der Waals surface area contributed by atoms with Gasteiger partial charge in [-0.25, -0.2) is 4.79 Å². The number of carboxylic acid groups (broad SMARTS) is 1. The van der Waals surface area contributed by atoms with Gasteiger partial charge in [-0.3, -0.25) is 9.59 Å². The predicted molar refractivity (Wildman–Crippen MR) is 126 cm³/mol. The number of ether oxygens (including phenoxy) is 3. The molecule has 4 rings (SSSR count). The van der Waals surface area contributed by atoms with Gasteiger partial charge < -0.3 is 30.0 Å². The van der Waals surface area contributed by atoms with Crippen LogP contribution in [0.3, 0.4) is 0 Å². The summed E-state index contributed by atoms with van der Waals surface area (Å²) in [5, 5.41) is 15.8. The summed E-state index contributed by atoms with van der Waals surface area (Å²) < 4.78 is 16.2. The first-order valence-electron chi connectivity index (χ1n) is 11.0. The number of carbonyl (C=O) groups is 3. The zero-order valence-electron chi connectivity index (χ0n) is 18.5. The first-order valence-corrected chi connectivity index (χ1v) is 11.8. The zero-order valence-corrected chi connectivity index (χ0v) is 20.1. The second-order valence-corrected chi connectivity index (χ2v) is 9.13. The molecular formula is C24H24Cl2N2O7. The van der Waals surface area contributed by atoms with Gasteiger partial charge in [0.15, 0.2) is 12.2 Å². The second kappa shape index (κ2) is 11.3. The van der Waals surface area contributed by atoms with Crippen LogP contribution < -0.4 is 15.4 Å². The topological polar surface area (TPSA) is 123 Å². The van der Waals surface area contributed by atoms with Crippen molar-refractivity contribution in [2.24, 2.45) is 0 Å². The summed E-state index contributed by atoms with van der Waals surface area (Å²) in [7, 11) is 0. The largest absolute Gasteiger partial charge is 0.489 e. The van der Waals surface area contributed by atoms with Crippen LogP contribution in [0.1, 0.15) is 24.0 Å². The molecule has 0 bridgehead atoms. The molecule has 2 fully saturated rings. The number of benzene rings is 2. The minimum Gasteiger partial charge on any atom is -0.489 e. The lowest BCUT2D eigenvalue weighted by molar-refractivity contribution is -0.144. The number of hydrogen-bond acceptors (Lipinski definition) is 6. The van der Waals surface area contributed by atoms with Crippen molar-refractivity contribution in [1.82, 2.24) is 10.6 Å². The van der Waals surface area contributed by atoms with Gasteiger partial charge in [0.2, 0.25) is 0 Å². The van der Waals surface area contributed by atoms with Crippen LogP contribution in [0.4, 0.5) is 0 Å². The van der Waals surface area contributed by atoms with Gasteiger partial charge in [0, 0.05) is 28.1 Å². The van der Waals surface area contributed by atoms with Gasteiger partial charge in [-0.15, -0.1) is 0 Å². The number of aliphatic carboxylic acids is 1. The number of carbonyl (C=O) groups excluding carboxylic acids is 2. The summed E-state index contributed by atoms with van der Waals surface area (Å²) in [6, 6.07) is 10.8. The molecule has 1 aliphatic heterocycles. The fraction of sp³-hybridized carbons (Fsp3) is 0.375. The maximum Gasteiger partial charge on any atom is 0.326 e. The first kappa shape index (κ1) is 25.2. The van der Waals surface area contributed by atoms with Crippen molar-refractivity contribution in [3.63, 3.8) is 0 Å². The van der Waals surface area contributed by atoms with Crippen molar-refractivity contribution >= 4 is 41.0 Å². The Bertz CT molecular complexity index is 1070. The van der Waals surface area contributed by atoms with Gasteiger partial charge in [0.25, 0.3) is 11.8 Å². The number of hydrogen-bond donors (Lipinski definition) is 3. The minimum absolute atomic E-state index is 0.0181. The van der Waals surface area contributed by atoms with Crippen LogP contribution in [-0.4, -0.2) is 54.0 Å². The molecule has 2 amide bonds. The van der Waals surface area contributed by atoms with Crippen molar-refractivity contribution in [3.05, 3.63) is 63.6 Å². The SMILES string of the molecule is O=C(O)C(Cc1ccc(OCc2c(Cl)cccc2Cl)cc1)NC(=O)C1OCOC1C(=O)NC1CC1. The molecule has 2 aliphatic rings. The number of rotatable bonds is 10. The minimum atomic E-state index is -1.23. The Kier molecular flexibility index (Phi) is 8.12. The average molecular weight is 523 g/mol. The van der Waals surface area contributed by atoms with Crippen LogP contribution in [0.15, 0.2) is 42.5 Å².